The van der Waals surface area contributed by atoms with Crippen molar-refractivity contribution < 1.29 is 10.2 Å². The molecule has 5 heteroatoms. The average Bonchev–Trinajstić information content (AvgIpc) is 3.18. The van der Waals surface area contributed by atoms with Crippen LogP contribution in [0.1, 0.15) is 36.9 Å². The van der Waals surface area contributed by atoms with Gasteiger partial charge in [0.2, 0.25) is 0 Å². The number of anilines is 1. The van der Waals surface area contributed by atoms with Gasteiger partial charge in [0.15, 0.2) is 0 Å². The maximum absolute atomic E-state index is 9.81. The molecule has 0 radical (unpaired) electrons. The van der Waals surface area contributed by atoms with E-state index >= 15 is 0 Å². The van der Waals surface area contributed by atoms with Crippen molar-refractivity contribution >= 4 is 5.69 Å². The maximum atomic E-state index is 9.81. The zero-order chi connectivity index (χ0) is 20.2. The molecule has 1 saturated heterocycles. The topological polar surface area (TPSA) is 61.5 Å². The minimum Gasteiger partial charge on any atom is -0.393 e. The fourth-order valence-corrected chi connectivity index (χ4v) is 3.47. The number of hydrogen-bond acceptors (Lipinski definition) is 4. The van der Waals surface area contributed by atoms with Crippen LogP contribution in [0.3, 0.4) is 0 Å². The Morgan fingerprint density at radius 3 is 2.24 bits per heavy atom. The molecule has 3 aromatic rings. The quantitative estimate of drug-likeness (QED) is 0.659. The largest absolute Gasteiger partial charge is 0.393 e. The number of aliphatic hydroxyl groups excluding tert-OH is 2. The molecule has 0 bridgehead atoms. The highest BCUT2D eigenvalue weighted by molar-refractivity contribution is 5.67. The first-order chi connectivity index (χ1) is 14.2. The molecule has 4 rings (SSSR count). The molecular formula is C24H25N3O2. The molecule has 1 aliphatic rings. The van der Waals surface area contributed by atoms with Gasteiger partial charge in [-0.15, -0.1) is 0 Å². The molecule has 1 aliphatic heterocycles. The lowest BCUT2D eigenvalue weighted by molar-refractivity contribution is 0.176. The molecule has 5 nitrogen and oxygen atoms in total. The highest BCUT2D eigenvalue weighted by atomic mass is 16.3. The van der Waals surface area contributed by atoms with Gasteiger partial charge in [0.05, 0.1) is 6.61 Å². The Kier molecular flexibility index (Phi) is 5.66. The van der Waals surface area contributed by atoms with E-state index in [0.717, 1.165) is 24.2 Å². The van der Waals surface area contributed by atoms with Crippen LogP contribution in [0, 0.1) is 11.8 Å². The van der Waals surface area contributed by atoms with Crippen molar-refractivity contribution in [1.82, 2.24) is 9.55 Å². The van der Waals surface area contributed by atoms with E-state index in [-0.39, 0.29) is 6.61 Å². The molecular weight excluding hydrogens is 362 g/mol. The number of aromatic nitrogens is 2. The molecule has 0 unspecified atom stereocenters. The predicted octanol–water partition coefficient (Wildman–Crippen LogP) is 3.40. The van der Waals surface area contributed by atoms with Gasteiger partial charge < -0.3 is 19.7 Å². The number of imidazole rings is 1. The van der Waals surface area contributed by atoms with Crippen LogP contribution < -0.4 is 4.90 Å². The van der Waals surface area contributed by atoms with E-state index in [1.807, 2.05) is 12.1 Å². The van der Waals surface area contributed by atoms with Crippen molar-refractivity contribution in [3.05, 3.63) is 72.3 Å². The van der Waals surface area contributed by atoms with E-state index < -0.39 is 12.1 Å². The summed E-state index contributed by atoms with van der Waals surface area (Å²) in [5, 5.41) is 19.5. The Labute approximate surface area is 171 Å². The van der Waals surface area contributed by atoms with E-state index in [1.54, 1.807) is 23.9 Å². The van der Waals surface area contributed by atoms with Gasteiger partial charge in [0, 0.05) is 36.7 Å². The lowest BCUT2D eigenvalue weighted by atomic mass is 10.0. The van der Waals surface area contributed by atoms with Crippen molar-refractivity contribution in [3.63, 3.8) is 0 Å². The smallest absolute Gasteiger partial charge is 0.138 e. The minimum atomic E-state index is -0.715. The third kappa shape index (κ3) is 4.19. The molecule has 0 spiro atoms. The Hall–Kier alpha value is -3.07. The SMILES string of the molecule is C[C@H](O)c1nccn1[C@@H](C#Cc1ccc(-c2ccc(N3CCC3)cc2)cc1)CO. The van der Waals surface area contributed by atoms with E-state index in [0.29, 0.717) is 5.82 Å². The van der Waals surface area contributed by atoms with E-state index in [9.17, 15) is 10.2 Å². The number of nitrogens with zero attached hydrogens (tertiary/aromatic N) is 3. The first-order valence-corrected chi connectivity index (χ1v) is 9.94. The summed E-state index contributed by atoms with van der Waals surface area (Å²) in [6.45, 7) is 3.80. The van der Waals surface area contributed by atoms with Crippen LogP contribution in [0.4, 0.5) is 5.69 Å². The highest BCUT2D eigenvalue weighted by Gasteiger charge is 2.15. The summed E-state index contributed by atoms with van der Waals surface area (Å²) in [7, 11) is 0. The molecule has 0 amide bonds. The normalized spacial score (nSPS) is 15.2. The van der Waals surface area contributed by atoms with Crippen LogP contribution in [0.2, 0.25) is 0 Å². The van der Waals surface area contributed by atoms with Crippen LogP contribution in [-0.4, -0.2) is 39.5 Å². The van der Waals surface area contributed by atoms with Gasteiger partial charge >= 0.3 is 0 Å². The van der Waals surface area contributed by atoms with E-state index in [2.05, 4.69) is 58.1 Å². The Morgan fingerprint density at radius 1 is 1.03 bits per heavy atom. The summed E-state index contributed by atoms with van der Waals surface area (Å²) in [5.74, 6) is 6.70. The molecule has 2 atom stereocenters. The number of benzene rings is 2. The molecule has 148 valence electrons. The van der Waals surface area contributed by atoms with Gasteiger partial charge in [-0.2, -0.15) is 0 Å². The van der Waals surface area contributed by atoms with Crippen molar-refractivity contribution in [2.24, 2.45) is 0 Å². The zero-order valence-electron chi connectivity index (χ0n) is 16.5. The summed E-state index contributed by atoms with van der Waals surface area (Å²) in [5.41, 5.74) is 4.49. The van der Waals surface area contributed by atoms with Crippen LogP contribution in [0.25, 0.3) is 11.1 Å². The molecule has 2 N–H and O–H groups in total. The summed E-state index contributed by atoms with van der Waals surface area (Å²) in [4.78, 5) is 6.52. The van der Waals surface area contributed by atoms with Crippen LogP contribution in [-0.2, 0) is 0 Å². The van der Waals surface area contributed by atoms with Crippen molar-refractivity contribution in [2.45, 2.75) is 25.5 Å². The van der Waals surface area contributed by atoms with Gasteiger partial charge in [-0.25, -0.2) is 4.98 Å². The Morgan fingerprint density at radius 2 is 1.69 bits per heavy atom. The van der Waals surface area contributed by atoms with Gasteiger partial charge in [0.25, 0.3) is 0 Å². The molecule has 1 fully saturated rings. The molecule has 2 heterocycles. The first kappa shape index (κ1) is 19.3. The fourth-order valence-electron chi connectivity index (χ4n) is 3.47. The predicted molar refractivity (Wildman–Crippen MR) is 115 cm³/mol. The van der Waals surface area contributed by atoms with Crippen LogP contribution in [0.15, 0.2) is 60.9 Å². The Bertz CT molecular complexity index is 1010. The second-order valence-electron chi connectivity index (χ2n) is 7.30. The molecule has 0 aliphatic carbocycles. The maximum Gasteiger partial charge on any atom is 0.138 e. The van der Waals surface area contributed by atoms with Crippen molar-refractivity contribution in [3.8, 4) is 23.0 Å². The molecule has 2 aromatic carbocycles. The minimum absolute atomic E-state index is 0.148. The summed E-state index contributed by atoms with van der Waals surface area (Å²) in [6.07, 6.45) is 3.90. The third-order valence-electron chi connectivity index (χ3n) is 5.27. The molecule has 1 aromatic heterocycles. The highest BCUT2D eigenvalue weighted by Crippen LogP contribution is 2.26. The average molecular weight is 387 g/mol. The van der Waals surface area contributed by atoms with Crippen molar-refractivity contribution in [2.75, 3.05) is 24.6 Å². The summed E-state index contributed by atoms with van der Waals surface area (Å²) < 4.78 is 1.71. The first-order valence-electron chi connectivity index (χ1n) is 9.94. The Balaban J connectivity index is 1.49. The lowest BCUT2D eigenvalue weighted by Gasteiger charge is -2.33. The second kappa shape index (κ2) is 8.52. The zero-order valence-corrected chi connectivity index (χ0v) is 16.5. The van der Waals surface area contributed by atoms with Gasteiger partial charge in [0.1, 0.15) is 18.0 Å². The third-order valence-corrected chi connectivity index (χ3v) is 5.27. The number of aliphatic hydroxyl groups is 2. The number of hydrogen-bond donors (Lipinski definition) is 2. The fraction of sp³-hybridized carbons (Fsp3) is 0.292. The van der Waals surface area contributed by atoms with Crippen LogP contribution >= 0.6 is 0 Å². The standard InChI is InChI=1S/C24H25N3O2/c1-18(29)24-25-13-16-27(24)23(17-28)10-5-19-3-6-20(7-4-19)21-8-11-22(12-9-21)26-14-2-15-26/h3-4,6-9,11-13,16,18,23,28-29H,2,14-15,17H2,1H3/t18-,23-/m0/s1. The van der Waals surface area contributed by atoms with E-state index in [1.165, 1.54) is 17.7 Å². The van der Waals surface area contributed by atoms with E-state index in [4.69, 9.17) is 0 Å². The summed E-state index contributed by atoms with van der Waals surface area (Å²) in [6, 6.07) is 16.3. The molecule has 0 saturated carbocycles. The second-order valence-corrected chi connectivity index (χ2v) is 7.30. The van der Waals surface area contributed by atoms with Gasteiger partial charge in [-0.1, -0.05) is 36.1 Å². The molecule has 29 heavy (non-hydrogen) atoms. The summed E-state index contributed by atoms with van der Waals surface area (Å²) >= 11 is 0. The number of rotatable bonds is 5. The van der Waals surface area contributed by atoms with Gasteiger partial charge in [-0.05, 0) is 48.7 Å². The van der Waals surface area contributed by atoms with Gasteiger partial charge in [-0.3, -0.25) is 0 Å². The monoisotopic (exact) mass is 387 g/mol. The van der Waals surface area contributed by atoms with Crippen LogP contribution in [0.5, 0.6) is 0 Å². The lowest BCUT2D eigenvalue weighted by Crippen LogP contribution is -2.36. The van der Waals surface area contributed by atoms with Crippen molar-refractivity contribution in [1.29, 1.82) is 0 Å².